The number of aryl methyl sites for hydroxylation is 1. The van der Waals surface area contributed by atoms with Crippen molar-refractivity contribution in [2.45, 2.75) is 54.3 Å². The Labute approximate surface area is 210 Å². The quantitative estimate of drug-likeness (QED) is 0.185. The number of anilines is 1. The summed E-state index contributed by atoms with van der Waals surface area (Å²) in [5.41, 5.74) is 0.00810. The van der Waals surface area contributed by atoms with Gasteiger partial charge in [-0.15, -0.1) is 23.1 Å². The van der Waals surface area contributed by atoms with Crippen LogP contribution in [0.25, 0.3) is 5.69 Å². The van der Waals surface area contributed by atoms with Gasteiger partial charge in [0.25, 0.3) is 10.0 Å². The highest BCUT2D eigenvalue weighted by atomic mass is 35.5. The molecule has 0 aliphatic carbocycles. The van der Waals surface area contributed by atoms with Crippen LogP contribution in [0.2, 0.25) is 5.02 Å². The number of aromatic nitrogens is 2. The first-order valence-electron chi connectivity index (χ1n) is 10.0. The minimum Gasteiger partial charge on any atom is -0.261 e. The summed E-state index contributed by atoms with van der Waals surface area (Å²) in [6.45, 7) is 3.40. The van der Waals surface area contributed by atoms with Crippen molar-refractivity contribution in [1.29, 1.82) is 0 Å². The fourth-order valence-electron chi connectivity index (χ4n) is 3.04. The third-order valence-corrected chi connectivity index (χ3v) is 9.16. The third kappa shape index (κ3) is 6.09. The van der Waals surface area contributed by atoms with E-state index in [9.17, 15) is 35.2 Å². The summed E-state index contributed by atoms with van der Waals surface area (Å²) in [5.74, 6) is -4.80. The molecule has 1 aromatic carbocycles. The SMILES string of the molecule is Cc1sc(SCCCCC(F)(F)C(F)(F)F)c2c(NS(=O)(=O)c3ccc(Cl)cc3)nc(=O)n-2c1C. The normalized spacial score (nSPS) is 12.9. The van der Waals surface area contributed by atoms with Crippen molar-refractivity contribution in [2.24, 2.45) is 0 Å². The van der Waals surface area contributed by atoms with Crippen LogP contribution < -0.4 is 10.4 Å². The molecule has 0 bridgehead atoms. The van der Waals surface area contributed by atoms with Crippen LogP contribution in [0.5, 0.6) is 0 Å². The van der Waals surface area contributed by atoms with Gasteiger partial charge in [0.1, 0.15) is 5.69 Å². The predicted molar refractivity (Wildman–Crippen MR) is 126 cm³/mol. The van der Waals surface area contributed by atoms with Gasteiger partial charge < -0.3 is 0 Å². The largest absolute Gasteiger partial charge is 0.453 e. The maximum atomic E-state index is 13.1. The number of hydrogen-bond donors (Lipinski definition) is 1. The van der Waals surface area contributed by atoms with E-state index in [2.05, 4.69) is 9.71 Å². The van der Waals surface area contributed by atoms with E-state index < -0.39 is 34.2 Å². The van der Waals surface area contributed by atoms with Gasteiger partial charge in [-0.2, -0.15) is 26.9 Å². The topological polar surface area (TPSA) is 81.1 Å². The van der Waals surface area contributed by atoms with Crippen molar-refractivity contribution in [3.05, 3.63) is 50.3 Å². The summed E-state index contributed by atoms with van der Waals surface area (Å²) in [6, 6.07) is 5.34. The summed E-state index contributed by atoms with van der Waals surface area (Å²) >= 11 is 8.16. The van der Waals surface area contributed by atoms with Crippen molar-refractivity contribution in [2.75, 3.05) is 10.5 Å². The Balaban J connectivity index is 1.85. The van der Waals surface area contributed by atoms with E-state index in [1.54, 1.807) is 13.8 Å². The van der Waals surface area contributed by atoms with Crippen molar-refractivity contribution < 1.29 is 30.4 Å². The number of rotatable bonds is 9. The van der Waals surface area contributed by atoms with Crippen LogP contribution in [-0.4, -0.2) is 35.8 Å². The van der Waals surface area contributed by atoms with E-state index in [1.807, 2.05) is 0 Å². The molecule has 0 saturated carbocycles. The Hall–Kier alpha value is -1.90. The molecule has 1 aromatic rings. The van der Waals surface area contributed by atoms with Crippen LogP contribution in [0.3, 0.4) is 0 Å². The molecule has 1 N–H and O–H groups in total. The first kappa shape index (κ1) is 27.7. The van der Waals surface area contributed by atoms with Gasteiger partial charge in [0, 0.05) is 22.0 Å². The Morgan fingerprint density at radius 3 is 2.34 bits per heavy atom. The number of fused-ring (bicyclic) bond motifs is 1. The number of hydrogen-bond acceptors (Lipinski definition) is 6. The van der Waals surface area contributed by atoms with Gasteiger partial charge >= 0.3 is 17.8 Å². The van der Waals surface area contributed by atoms with Gasteiger partial charge in [0.2, 0.25) is 0 Å². The molecule has 0 unspecified atom stereocenters. The average molecular weight is 576 g/mol. The number of sulfonamides is 1. The molecule has 6 nitrogen and oxygen atoms in total. The molecular weight excluding hydrogens is 557 g/mol. The van der Waals surface area contributed by atoms with Gasteiger partial charge in [-0.25, -0.2) is 13.2 Å². The molecule has 3 rings (SSSR count). The van der Waals surface area contributed by atoms with E-state index in [0.29, 0.717) is 14.9 Å². The summed E-state index contributed by atoms with van der Waals surface area (Å²) in [4.78, 5) is 17.0. The Bertz CT molecular complexity index is 1340. The number of alkyl halides is 5. The van der Waals surface area contributed by atoms with Crippen LogP contribution in [0.1, 0.15) is 29.8 Å². The lowest BCUT2D eigenvalue weighted by molar-refractivity contribution is -0.284. The molecule has 0 spiro atoms. The van der Waals surface area contributed by atoms with E-state index in [-0.39, 0.29) is 35.0 Å². The molecular formula is C20H19ClF5N3O3S3. The molecule has 2 aliphatic rings. The van der Waals surface area contributed by atoms with Gasteiger partial charge in [-0.1, -0.05) is 11.6 Å². The fourth-order valence-corrected chi connectivity index (χ4v) is 6.70. The number of halogens is 6. The Kier molecular flexibility index (Phi) is 8.09. The maximum Gasteiger partial charge on any atom is 0.453 e. The minimum atomic E-state index is -5.60. The van der Waals surface area contributed by atoms with Gasteiger partial charge in [-0.05, 0) is 56.7 Å². The monoisotopic (exact) mass is 575 g/mol. The molecule has 0 aromatic heterocycles. The second-order valence-electron chi connectivity index (χ2n) is 7.53. The van der Waals surface area contributed by atoms with Gasteiger partial charge in [-0.3, -0.25) is 9.29 Å². The van der Waals surface area contributed by atoms with Crippen LogP contribution in [0.15, 0.2) is 38.2 Å². The molecule has 0 amide bonds. The molecule has 15 heteroatoms. The van der Waals surface area contributed by atoms with E-state index in [0.717, 1.165) is 16.6 Å². The molecule has 35 heavy (non-hydrogen) atoms. The standard InChI is InChI=1S/C20H19ClF5N3O3S3/c1-11-12(2)34-17(33-10-4-3-9-19(22,23)20(24,25)26)15-16(27-18(30)29(11)15)28-35(31,32)14-7-5-13(21)6-8-14/h5-8H,3-4,9-10H2,1-2H3,(H,27,28,30). The van der Waals surface area contributed by atoms with Crippen LogP contribution in [-0.2, 0) is 10.0 Å². The van der Waals surface area contributed by atoms with Crippen molar-refractivity contribution in [3.8, 4) is 5.69 Å². The van der Waals surface area contributed by atoms with Crippen molar-refractivity contribution in [1.82, 2.24) is 9.55 Å². The zero-order chi connectivity index (χ0) is 26.2. The van der Waals surface area contributed by atoms with Crippen LogP contribution in [0, 0.1) is 13.8 Å². The smallest absolute Gasteiger partial charge is 0.261 e. The summed E-state index contributed by atoms with van der Waals surface area (Å²) < 4.78 is 92.9. The lowest BCUT2D eigenvalue weighted by Gasteiger charge is -2.19. The highest BCUT2D eigenvalue weighted by Gasteiger charge is 2.56. The van der Waals surface area contributed by atoms with Crippen LogP contribution >= 0.6 is 34.7 Å². The number of benzene rings is 1. The van der Waals surface area contributed by atoms with Crippen molar-refractivity contribution in [3.63, 3.8) is 0 Å². The fraction of sp³-hybridized carbons (Fsp3) is 0.400. The highest BCUT2D eigenvalue weighted by Crippen LogP contribution is 2.41. The summed E-state index contributed by atoms with van der Waals surface area (Å²) in [5, 5.41) is 0.331. The number of imidazole rings is 1. The maximum absolute atomic E-state index is 13.1. The number of unbranched alkanes of at least 4 members (excludes halogenated alkanes) is 1. The van der Waals surface area contributed by atoms with E-state index in [4.69, 9.17) is 11.6 Å². The third-order valence-electron chi connectivity index (χ3n) is 5.02. The first-order chi connectivity index (χ1) is 16.1. The zero-order valence-corrected chi connectivity index (χ0v) is 21.5. The van der Waals surface area contributed by atoms with Crippen LogP contribution in [0.4, 0.5) is 27.8 Å². The Morgan fingerprint density at radius 2 is 1.74 bits per heavy atom. The minimum absolute atomic E-state index is 0.0480. The molecule has 0 fully saturated rings. The van der Waals surface area contributed by atoms with Crippen molar-refractivity contribution >= 4 is 50.5 Å². The van der Waals surface area contributed by atoms with E-state index in [1.165, 1.54) is 40.2 Å². The average Bonchev–Trinajstić information content (AvgIpc) is 3.06. The number of nitrogens with one attached hydrogen (secondary N) is 1. The number of thioether (sulfide) groups is 1. The molecule has 2 aliphatic heterocycles. The highest BCUT2D eigenvalue weighted by molar-refractivity contribution is 8.01. The molecule has 0 radical (unpaired) electrons. The lowest BCUT2D eigenvalue weighted by atomic mass is 10.1. The predicted octanol–water partition coefficient (Wildman–Crippen LogP) is 6.26. The summed E-state index contributed by atoms with van der Waals surface area (Å²) in [6.07, 6.45) is -7.24. The second-order valence-corrected chi connectivity index (χ2v) is 12.2. The van der Waals surface area contributed by atoms with Gasteiger partial charge in [0.05, 0.1) is 9.10 Å². The summed E-state index contributed by atoms with van der Waals surface area (Å²) in [7, 11) is -4.13. The second kappa shape index (κ2) is 10.2. The number of nitrogens with zero attached hydrogens (tertiary/aromatic N) is 2. The first-order valence-corrected chi connectivity index (χ1v) is 13.7. The lowest BCUT2D eigenvalue weighted by Crippen LogP contribution is -2.36. The molecule has 0 atom stereocenters. The molecule has 0 saturated heterocycles. The Morgan fingerprint density at radius 1 is 1.11 bits per heavy atom. The van der Waals surface area contributed by atoms with E-state index >= 15 is 0 Å². The molecule has 2 heterocycles. The molecule has 192 valence electrons. The van der Waals surface area contributed by atoms with Gasteiger partial charge in [0.15, 0.2) is 5.82 Å². The zero-order valence-electron chi connectivity index (χ0n) is 18.2.